The van der Waals surface area contributed by atoms with Crippen molar-refractivity contribution >= 4 is 40.4 Å². The Hall–Kier alpha value is -2.08. The van der Waals surface area contributed by atoms with E-state index in [9.17, 15) is 4.79 Å². The second-order valence-corrected chi connectivity index (χ2v) is 8.21. The molecule has 0 saturated carbocycles. The molecule has 2 aromatic heterocycles. The molecule has 3 aromatic rings. The molecule has 7 heteroatoms. The Bertz CT molecular complexity index is 930. The molecule has 28 heavy (non-hydrogen) atoms. The lowest BCUT2D eigenvalue weighted by molar-refractivity contribution is 0.0675. The Kier molecular flexibility index (Phi) is 6.94. The van der Waals surface area contributed by atoms with Gasteiger partial charge < -0.3 is 9.64 Å². The van der Waals surface area contributed by atoms with Crippen molar-refractivity contribution in [1.29, 1.82) is 0 Å². The van der Waals surface area contributed by atoms with Gasteiger partial charge >= 0.3 is 0 Å². The third-order valence-electron chi connectivity index (χ3n) is 4.42. The summed E-state index contributed by atoms with van der Waals surface area (Å²) in [5, 5.41) is 2.50. The van der Waals surface area contributed by atoms with Crippen molar-refractivity contribution in [3.8, 4) is 5.75 Å². The lowest BCUT2D eigenvalue weighted by Crippen LogP contribution is -2.39. The first-order valence-electron chi connectivity index (χ1n) is 8.75. The summed E-state index contributed by atoms with van der Waals surface area (Å²) in [4.78, 5) is 20.4. The number of rotatable bonds is 7. The van der Waals surface area contributed by atoms with E-state index in [4.69, 9.17) is 27.9 Å². The zero-order valence-corrected chi connectivity index (χ0v) is 17.9. The molecular formula is C21H20Cl2N2O2S. The molecule has 2 heterocycles. The van der Waals surface area contributed by atoms with Crippen LogP contribution in [0.5, 0.6) is 5.75 Å². The van der Waals surface area contributed by atoms with Crippen LogP contribution in [0, 0.1) is 0 Å². The lowest BCUT2D eigenvalue weighted by Gasteiger charge is -2.29. The van der Waals surface area contributed by atoms with Gasteiger partial charge in [-0.2, -0.15) is 0 Å². The molecule has 3 rings (SSSR count). The van der Waals surface area contributed by atoms with Gasteiger partial charge in [-0.25, -0.2) is 4.98 Å². The van der Waals surface area contributed by atoms with Gasteiger partial charge in [-0.1, -0.05) is 41.4 Å². The molecule has 0 bridgehead atoms. The summed E-state index contributed by atoms with van der Waals surface area (Å²) >= 11 is 13.7. The number of halogens is 2. The largest absolute Gasteiger partial charge is 0.497 e. The summed E-state index contributed by atoms with van der Waals surface area (Å²) < 4.78 is 5.22. The number of ether oxygens (including phenoxy) is 1. The van der Waals surface area contributed by atoms with Crippen LogP contribution in [0.4, 0.5) is 0 Å². The van der Waals surface area contributed by atoms with Gasteiger partial charge in [0.1, 0.15) is 10.9 Å². The fourth-order valence-corrected chi connectivity index (χ4v) is 3.99. The maximum atomic E-state index is 13.3. The number of carbonyl (C=O) groups excluding carboxylic acids is 1. The highest BCUT2D eigenvalue weighted by atomic mass is 35.5. The topological polar surface area (TPSA) is 42.4 Å². The fraction of sp³-hybridized carbons (Fsp3) is 0.238. The molecule has 1 atom stereocenters. The van der Waals surface area contributed by atoms with Crippen molar-refractivity contribution in [3.05, 3.63) is 80.2 Å². The number of hydrogen-bond donors (Lipinski definition) is 0. The first-order chi connectivity index (χ1) is 13.5. The van der Waals surface area contributed by atoms with Crippen LogP contribution in [0.2, 0.25) is 10.2 Å². The Morgan fingerprint density at radius 2 is 2.00 bits per heavy atom. The highest BCUT2D eigenvalue weighted by molar-refractivity contribution is 7.09. The van der Waals surface area contributed by atoms with Crippen molar-refractivity contribution < 1.29 is 9.53 Å². The third-order valence-corrected chi connectivity index (χ3v) is 6.01. The van der Waals surface area contributed by atoms with E-state index in [0.717, 1.165) is 17.7 Å². The van der Waals surface area contributed by atoms with Gasteiger partial charge in [-0.05, 0) is 42.1 Å². The maximum Gasteiger partial charge on any atom is 0.256 e. The smallest absolute Gasteiger partial charge is 0.256 e. The van der Waals surface area contributed by atoms with Crippen LogP contribution in [0.15, 0.2) is 54.0 Å². The first-order valence-corrected chi connectivity index (χ1v) is 10.4. The number of methoxy groups -OCH3 is 1. The molecule has 0 aliphatic rings. The third kappa shape index (κ3) is 5.04. The second-order valence-electron chi connectivity index (χ2n) is 6.41. The number of carbonyl (C=O) groups is 1. The number of nitrogens with zero attached hydrogens (tertiary/aromatic N) is 2. The second kappa shape index (κ2) is 9.41. The van der Waals surface area contributed by atoms with Crippen LogP contribution in [-0.2, 0) is 13.0 Å². The number of benzene rings is 1. The van der Waals surface area contributed by atoms with Crippen LogP contribution in [0.3, 0.4) is 0 Å². The molecule has 0 saturated heterocycles. The van der Waals surface area contributed by atoms with E-state index in [2.05, 4.69) is 11.1 Å². The standard InChI is InChI=1S/C21H20Cl2N2O2S/c1-14(10-18-4-3-9-28-18)25(13-15-5-7-17(27-2)8-6-15)21(26)16-11-19(22)20(23)24-12-16/h3-9,11-12,14H,10,13H2,1-2H3. The molecule has 0 N–H and O–H groups in total. The van der Waals surface area contributed by atoms with Crippen LogP contribution in [0.25, 0.3) is 0 Å². The van der Waals surface area contributed by atoms with E-state index in [-0.39, 0.29) is 22.1 Å². The lowest BCUT2D eigenvalue weighted by atomic mass is 10.1. The van der Waals surface area contributed by atoms with Crippen LogP contribution >= 0.6 is 34.5 Å². The van der Waals surface area contributed by atoms with E-state index in [1.165, 1.54) is 11.1 Å². The van der Waals surface area contributed by atoms with Crippen LogP contribution in [0.1, 0.15) is 27.7 Å². The minimum absolute atomic E-state index is 0.0114. The molecular weight excluding hydrogens is 415 g/mol. The van der Waals surface area contributed by atoms with Crippen LogP contribution < -0.4 is 4.74 Å². The zero-order valence-electron chi connectivity index (χ0n) is 15.6. The fourth-order valence-electron chi connectivity index (χ4n) is 2.89. The molecule has 0 aliphatic carbocycles. The monoisotopic (exact) mass is 434 g/mol. The molecule has 0 radical (unpaired) electrons. The van der Waals surface area contributed by atoms with Crippen molar-refractivity contribution in [2.24, 2.45) is 0 Å². The predicted octanol–water partition coefficient (Wildman–Crippen LogP) is 5.73. The quantitative estimate of drug-likeness (QED) is 0.445. The van der Waals surface area contributed by atoms with E-state index in [1.54, 1.807) is 24.5 Å². The minimum atomic E-state index is -0.133. The normalized spacial score (nSPS) is 11.9. The van der Waals surface area contributed by atoms with Gasteiger partial charge in [0, 0.05) is 30.1 Å². The highest BCUT2D eigenvalue weighted by Gasteiger charge is 2.23. The summed E-state index contributed by atoms with van der Waals surface area (Å²) in [6, 6.07) is 13.4. The number of aromatic nitrogens is 1. The molecule has 1 unspecified atom stereocenters. The SMILES string of the molecule is COc1ccc(CN(C(=O)c2cnc(Cl)c(Cl)c2)C(C)Cc2cccs2)cc1. The van der Waals surface area contributed by atoms with Gasteiger partial charge in [0.05, 0.1) is 17.7 Å². The Morgan fingerprint density at radius 3 is 2.61 bits per heavy atom. The van der Waals surface area contributed by atoms with Gasteiger partial charge in [-0.15, -0.1) is 11.3 Å². The molecule has 1 aromatic carbocycles. The Morgan fingerprint density at radius 1 is 1.25 bits per heavy atom. The molecule has 0 spiro atoms. The maximum absolute atomic E-state index is 13.3. The Balaban J connectivity index is 1.87. The summed E-state index contributed by atoms with van der Waals surface area (Å²) in [6.07, 6.45) is 2.24. The van der Waals surface area contributed by atoms with Crippen LogP contribution in [-0.4, -0.2) is 28.9 Å². The van der Waals surface area contributed by atoms with Crippen molar-refractivity contribution in [2.75, 3.05) is 7.11 Å². The summed E-state index contributed by atoms with van der Waals surface area (Å²) in [6.45, 7) is 2.52. The van der Waals surface area contributed by atoms with Gasteiger partial charge in [0.25, 0.3) is 5.91 Å². The Labute approximate surface area is 178 Å². The van der Waals surface area contributed by atoms with E-state index >= 15 is 0 Å². The molecule has 146 valence electrons. The number of thiophene rings is 1. The van der Waals surface area contributed by atoms with Gasteiger partial charge in [0.15, 0.2) is 0 Å². The average Bonchev–Trinajstić information content (AvgIpc) is 3.21. The number of amides is 1. The van der Waals surface area contributed by atoms with Crippen molar-refractivity contribution in [3.63, 3.8) is 0 Å². The molecule has 0 aliphatic heterocycles. The first kappa shape index (κ1) is 20.6. The summed E-state index contributed by atoms with van der Waals surface area (Å²) in [7, 11) is 1.63. The average molecular weight is 435 g/mol. The number of hydrogen-bond acceptors (Lipinski definition) is 4. The van der Waals surface area contributed by atoms with E-state index in [0.29, 0.717) is 12.1 Å². The van der Waals surface area contributed by atoms with E-state index in [1.807, 2.05) is 47.5 Å². The van der Waals surface area contributed by atoms with Gasteiger partial charge in [0.2, 0.25) is 0 Å². The molecule has 1 amide bonds. The zero-order chi connectivity index (χ0) is 20.1. The summed E-state index contributed by atoms with van der Waals surface area (Å²) in [5.41, 5.74) is 1.43. The highest BCUT2D eigenvalue weighted by Crippen LogP contribution is 2.23. The molecule has 4 nitrogen and oxygen atoms in total. The molecule has 0 fully saturated rings. The van der Waals surface area contributed by atoms with E-state index < -0.39 is 0 Å². The summed E-state index contributed by atoms with van der Waals surface area (Å²) in [5.74, 6) is 0.646. The van der Waals surface area contributed by atoms with Crippen molar-refractivity contribution in [2.45, 2.75) is 25.9 Å². The minimum Gasteiger partial charge on any atom is -0.497 e. The predicted molar refractivity (Wildman–Crippen MR) is 115 cm³/mol. The number of pyridine rings is 1. The van der Waals surface area contributed by atoms with Crippen molar-refractivity contribution in [1.82, 2.24) is 9.88 Å². The van der Waals surface area contributed by atoms with Gasteiger partial charge in [-0.3, -0.25) is 4.79 Å².